The van der Waals surface area contributed by atoms with Crippen LogP contribution in [-0.4, -0.2) is 40.3 Å². The first-order valence-corrected chi connectivity index (χ1v) is 12.3. The zero-order valence-electron chi connectivity index (χ0n) is 14.8. The summed E-state index contributed by atoms with van der Waals surface area (Å²) in [7, 11) is -7.18. The molecule has 0 amide bonds. The van der Waals surface area contributed by atoms with Crippen LogP contribution < -0.4 is 4.72 Å². The Labute approximate surface area is 168 Å². The van der Waals surface area contributed by atoms with Gasteiger partial charge < -0.3 is 0 Å². The lowest BCUT2D eigenvalue weighted by Crippen LogP contribution is -2.46. The van der Waals surface area contributed by atoms with E-state index in [1.54, 1.807) is 36.4 Å². The van der Waals surface area contributed by atoms with Gasteiger partial charge in [0.05, 0.1) is 9.79 Å². The monoisotopic (exact) mass is 472 g/mol. The summed E-state index contributed by atoms with van der Waals surface area (Å²) < 4.78 is 55.5. The van der Waals surface area contributed by atoms with Gasteiger partial charge in [0.2, 0.25) is 20.0 Å². The first-order valence-electron chi connectivity index (χ1n) is 8.54. The molecule has 6 nitrogen and oxygen atoms in total. The molecule has 0 unspecified atom stereocenters. The minimum absolute atomic E-state index is 0.213. The Morgan fingerprint density at radius 2 is 1.59 bits per heavy atom. The van der Waals surface area contributed by atoms with Crippen LogP contribution in [0.4, 0.5) is 0 Å². The predicted molar refractivity (Wildman–Crippen MR) is 107 cm³/mol. The van der Waals surface area contributed by atoms with Crippen LogP contribution in [0.5, 0.6) is 0 Å². The molecular weight excluding hydrogens is 452 g/mol. The van der Waals surface area contributed by atoms with Crippen LogP contribution in [0.1, 0.15) is 18.4 Å². The van der Waals surface area contributed by atoms with Gasteiger partial charge in [0.25, 0.3) is 0 Å². The highest BCUT2D eigenvalue weighted by Gasteiger charge is 2.31. The predicted octanol–water partition coefficient (Wildman–Crippen LogP) is 2.89. The van der Waals surface area contributed by atoms with Gasteiger partial charge in [-0.2, -0.15) is 4.31 Å². The fraction of sp³-hybridized carbons (Fsp3) is 0.333. The Morgan fingerprint density at radius 1 is 0.963 bits per heavy atom. The van der Waals surface area contributed by atoms with Gasteiger partial charge in [0.1, 0.15) is 0 Å². The van der Waals surface area contributed by atoms with Crippen LogP contribution in [0.3, 0.4) is 0 Å². The number of hydrogen-bond donors (Lipinski definition) is 1. The smallest absolute Gasteiger partial charge is 0.208 e. The van der Waals surface area contributed by atoms with Crippen molar-refractivity contribution in [3.8, 4) is 0 Å². The Hall–Kier alpha value is -1.26. The highest BCUT2D eigenvalue weighted by Crippen LogP contribution is 2.25. The summed E-state index contributed by atoms with van der Waals surface area (Å²) in [5.74, 6) is 0. The molecule has 3 rings (SSSR count). The van der Waals surface area contributed by atoms with Crippen molar-refractivity contribution in [1.29, 1.82) is 0 Å². The fourth-order valence-electron chi connectivity index (χ4n) is 3.03. The number of aryl methyl sites for hydroxylation is 1. The van der Waals surface area contributed by atoms with Crippen LogP contribution in [0.25, 0.3) is 0 Å². The lowest BCUT2D eigenvalue weighted by Gasteiger charge is -2.31. The summed E-state index contributed by atoms with van der Waals surface area (Å²) in [6.45, 7) is 2.40. The second-order valence-corrected chi connectivity index (χ2v) is 11.0. The Bertz CT molecular complexity index is 1020. The third-order valence-corrected chi connectivity index (χ3v) is 8.92. The molecule has 9 heteroatoms. The minimum Gasteiger partial charge on any atom is -0.208 e. The van der Waals surface area contributed by atoms with Crippen LogP contribution in [-0.2, 0) is 20.0 Å². The molecule has 1 aliphatic heterocycles. The zero-order chi connectivity index (χ0) is 19.7. The second-order valence-electron chi connectivity index (χ2n) is 6.52. The van der Waals surface area contributed by atoms with Gasteiger partial charge in [0.15, 0.2) is 0 Å². The largest absolute Gasteiger partial charge is 0.243 e. The zero-order valence-corrected chi connectivity index (χ0v) is 18.0. The molecule has 0 saturated carbocycles. The van der Waals surface area contributed by atoms with E-state index in [2.05, 4.69) is 20.7 Å². The first-order chi connectivity index (χ1) is 12.7. The molecule has 1 saturated heterocycles. The van der Waals surface area contributed by atoms with Gasteiger partial charge in [-0.3, -0.25) is 0 Å². The third kappa shape index (κ3) is 4.60. The van der Waals surface area contributed by atoms with Crippen molar-refractivity contribution in [3.63, 3.8) is 0 Å². The van der Waals surface area contributed by atoms with Crippen LogP contribution >= 0.6 is 15.9 Å². The average Bonchev–Trinajstić information content (AvgIpc) is 2.65. The molecule has 0 radical (unpaired) electrons. The maximum atomic E-state index is 12.8. The SMILES string of the molecule is Cc1cc(S(=O)(=O)N2CCC(NS(=O)(=O)c3ccccc3)CC2)ccc1Br. The van der Waals surface area contributed by atoms with Crippen molar-refractivity contribution >= 4 is 36.0 Å². The van der Waals surface area contributed by atoms with E-state index < -0.39 is 20.0 Å². The molecule has 1 fully saturated rings. The van der Waals surface area contributed by atoms with E-state index in [1.807, 2.05) is 6.92 Å². The summed E-state index contributed by atoms with van der Waals surface area (Å²) >= 11 is 3.37. The lowest BCUT2D eigenvalue weighted by atomic mass is 10.1. The molecule has 2 aromatic rings. The van der Waals surface area contributed by atoms with E-state index in [4.69, 9.17) is 0 Å². The van der Waals surface area contributed by atoms with E-state index >= 15 is 0 Å². The first kappa shape index (κ1) is 20.5. The van der Waals surface area contributed by atoms with Crippen LogP contribution in [0, 0.1) is 6.92 Å². The third-order valence-electron chi connectivity index (χ3n) is 4.60. The fourth-order valence-corrected chi connectivity index (χ4v) is 6.16. The van der Waals surface area contributed by atoms with Crippen LogP contribution in [0.15, 0.2) is 62.8 Å². The Balaban J connectivity index is 1.67. The summed E-state index contributed by atoms with van der Waals surface area (Å²) in [5, 5.41) is 0. The molecule has 1 N–H and O–H groups in total. The van der Waals surface area contributed by atoms with Crippen molar-refractivity contribution in [2.75, 3.05) is 13.1 Å². The van der Waals surface area contributed by atoms with Crippen molar-refractivity contribution < 1.29 is 16.8 Å². The molecule has 0 bridgehead atoms. The molecule has 27 heavy (non-hydrogen) atoms. The number of nitrogens with one attached hydrogen (secondary N) is 1. The van der Waals surface area contributed by atoms with E-state index in [-0.39, 0.29) is 28.9 Å². The van der Waals surface area contributed by atoms with Crippen LogP contribution in [0.2, 0.25) is 0 Å². The highest BCUT2D eigenvalue weighted by atomic mass is 79.9. The number of nitrogens with zero attached hydrogens (tertiary/aromatic N) is 1. The molecule has 1 heterocycles. The van der Waals surface area contributed by atoms with Gasteiger partial charge >= 0.3 is 0 Å². The Morgan fingerprint density at radius 3 is 2.19 bits per heavy atom. The number of halogens is 1. The maximum absolute atomic E-state index is 12.8. The van der Waals surface area contributed by atoms with Gasteiger partial charge in [-0.25, -0.2) is 21.6 Å². The molecule has 0 aromatic heterocycles. The minimum atomic E-state index is -3.60. The molecule has 0 spiro atoms. The number of benzene rings is 2. The number of hydrogen-bond acceptors (Lipinski definition) is 4. The lowest BCUT2D eigenvalue weighted by molar-refractivity contribution is 0.308. The molecule has 0 aliphatic carbocycles. The maximum Gasteiger partial charge on any atom is 0.243 e. The van der Waals surface area contributed by atoms with Gasteiger partial charge in [-0.05, 0) is 55.7 Å². The molecule has 2 aromatic carbocycles. The van der Waals surface area contributed by atoms with Crippen molar-refractivity contribution in [1.82, 2.24) is 9.03 Å². The molecule has 1 aliphatic rings. The van der Waals surface area contributed by atoms with Gasteiger partial charge in [-0.15, -0.1) is 0 Å². The van der Waals surface area contributed by atoms with E-state index in [0.29, 0.717) is 12.8 Å². The van der Waals surface area contributed by atoms with Gasteiger partial charge in [0, 0.05) is 23.6 Å². The normalized spacial score (nSPS) is 17.1. The number of sulfonamides is 2. The van der Waals surface area contributed by atoms with Crippen molar-refractivity contribution in [2.24, 2.45) is 0 Å². The molecular formula is C18H21BrN2O4S2. The molecule has 0 atom stereocenters. The summed E-state index contributed by atoms with van der Waals surface area (Å²) in [6, 6.07) is 12.8. The van der Waals surface area contributed by atoms with E-state index in [1.165, 1.54) is 16.4 Å². The van der Waals surface area contributed by atoms with Crippen molar-refractivity contribution in [2.45, 2.75) is 35.6 Å². The number of piperidine rings is 1. The summed E-state index contributed by atoms with van der Waals surface area (Å²) in [4.78, 5) is 0.469. The van der Waals surface area contributed by atoms with E-state index in [0.717, 1.165) is 10.0 Å². The summed E-state index contributed by atoms with van der Waals surface area (Å²) in [5.41, 5.74) is 0.849. The Kier molecular flexibility index (Phi) is 6.07. The quantitative estimate of drug-likeness (QED) is 0.724. The van der Waals surface area contributed by atoms with Crippen molar-refractivity contribution in [3.05, 3.63) is 58.6 Å². The highest BCUT2D eigenvalue weighted by molar-refractivity contribution is 9.10. The van der Waals surface area contributed by atoms with Gasteiger partial charge in [-0.1, -0.05) is 34.1 Å². The average molecular weight is 473 g/mol. The summed E-state index contributed by atoms with van der Waals surface area (Å²) in [6.07, 6.45) is 0.863. The number of rotatable bonds is 5. The second kappa shape index (κ2) is 8.00. The molecule has 146 valence electrons. The standard InChI is InChI=1S/C18H21BrN2O4S2/c1-14-13-17(7-8-18(14)19)27(24,25)21-11-9-15(10-12-21)20-26(22,23)16-5-3-2-4-6-16/h2-8,13,15,20H,9-12H2,1H3. The van der Waals surface area contributed by atoms with E-state index in [9.17, 15) is 16.8 Å². The topological polar surface area (TPSA) is 83.6 Å².